The number of nitrogens with one attached hydrogen (secondary N) is 2. The lowest BCUT2D eigenvalue weighted by Gasteiger charge is -2.27. The van der Waals surface area contributed by atoms with Gasteiger partial charge in [-0.05, 0) is 38.5 Å². The molecule has 1 aliphatic carbocycles. The second-order valence-corrected chi connectivity index (χ2v) is 7.39. The second kappa shape index (κ2) is 10.4. The van der Waals surface area contributed by atoms with E-state index in [0.29, 0.717) is 6.54 Å². The van der Waals surface area contributed by atoms with E-state index in [9.17, 15) is 5.11 Å². The van der Waals surface area contributed by atoms with E-state index in [1.54, 1.807) is 17.8 Å². The Morgan fingerprint density at radius 1 is 1.44 bits per heavy atom. The summed E-state index contributed by atoms with van der Waals surface area (Å²) in [7, 11) is 1.85. The molecule has 0 amide bonds. The molecule has 1 heterocycles. The van der Waals surface area contributed by atoms with Crippen molar-refractivity contribution in [1.82, 2.24) is 20.4 Å². The van der Waals surface area contributed by atoms with Crippen molar-refractivity contribution in [2.75, 3.05) is 19.6 Å². The highest BCUT2D eigenvalue weighted by Crippen LogP contribution is 2.27. The van der Waals surface area contributed by atoms with Crippen LogP contribution in [0.25, 0.3) is 0 Å². The van der Waals surface area contributed by atoms with E-state index in [-0.39, 0.29) is 24.0 Å². The summed E-state index contributed by atoms with van der Waals surface area (Å²) < 4.78 is 1.70. The molecule has 0 bridgehead atoms. The van der Waals surface area contributed by atoms with Gasteiger partial charge in [0.2, 0.25) is 0 Å². The molecule has 7 heteroatoms. The van der Waals surface area contributed by atoms with Gasteiger partial charge in [0, 0.05) is 31.9 Å². The first-order chi connectivity index (χ1) is 11.4. The Hall–Kier alpha value is -0.830. The van der Waals surface area contributed by atoms with Gasteiger partial charge in [-0.3, -0.25) is 4.68 Å². The first kappa shape index (κ1) is 22.2. The second-order valence-electron chi connectivity index (χ2n) is 7.39. The number of nitrogens with zero attached hydrogens (tertiary/aromatic N) is 3. The Morgan fingerprint density at radius 2 is 2.20 bits per heavy atom. The smallest absolute Gasteiger partial charge is 0.191 e. The summed E-state index contributed by atoms with van der Waals surface area (Å²) in [4.78, 5) is 4.58. The van der Waals surface area contributed by atoms with Crippen molar-refractivity contribution in [2.24, 2.45) is 23.9 Å². The van der Waals surface area contributed by atoms with Crippen molar-refractivity contribution in [3.63, 3.8) is 0 Å². The van der Waals surface area contributed by atoms with Gasteiger partial charge in [-0.15, -0.1) is 24.0 Å². The predicted octanol–water partition coefficient (Wildman–Crippen LogP) is 2.63. The fourth-order valence-electron chi connectivity index (χ4n) is 3.35. The van der Waals surface area contributed by atoms with Crippen molar-refractivity contribution < 1.29 is 5.11 Å². The zero-order chi connectivity index (χ0) is 17.6. The molecule has 25 heavy (non-hydrogen) atoms. The molecule has 144 valence electrons. The third kappa shape index (κ3) is 7.13. The van der Waals surface area contributed by atoms with Crippen LogP contribution in [0.2, 0.25) is 0 Å². The maximum absolute atomic E-state index is 10.7. The zero-order valence-electron chi connectivity index (χ0n) is 16.0. The highest BCUT2D eigenvalue weighted by Gasteiger charge is 2.25. The summed E-state index contributed by atoms with van der Waals surface area (Å²) in [5, 5.41) is 21.5. The number of hydrogen-bond donors (Lipinski definition) is 3. The Balaban J connectivity index is 0.00000312. The summed E-state index contributed by atoms with van der Waals surface area (Å²) in [5.74, 6) is 2.33. The molecule has 1 saturated carbocycles. The molecule has 1 aliphatic rings. The maximum Gasteiger partial charge on any atom is 0.191 e. The first-order valence-corrected chi connectivity index (χ1v) is 9.14. The number of aryl methyl sites for hydroxylation is 1. The van der Waals surface area contributed by atoms with Gasteiger partial charge in [0.15, 0.2) is 5.96 Å². The molecule has 3 atom stereocenters. The number of halogens is 1. The molecule has 0 spiro atoms. The minimum absolute atomic E-state index is 0. The molecule has 3 unspecified atom stereocenters. The van der Waals surface area contributed by atoms with Crippen LogP contribution in [0.15, 0.2) is 17.4 Å². The molecule has 0 aromatic carbocycles. The average Bonchev–Trinajstić information content (AvgIpc) is 2.98. The number of aliphatic hydroxyl groups is 1. The lowest BCUT2D eigenvalue weighted by atomic mass is 9.82. The van der Waals surface area contributed by atoms with E-state index in [1.807, 2.05) is 13.2 Å². The summed E-state index contributed by atoms with van der Waals surface area (Å²) >= 11 is 0. The first-order valence-electron chi connectivity index (χ1n) is 9.14. The SMILES string of the molecule is CCNC(=NCC(C)(O)c1cnn(C)c1)NCC1CCCC(C)C1.I. The number of aliphatic imine (C=N–C) groups is 1. The third-order valence-corrected chi connectivity index (χ3v) is 4.82. The van der Waals surface area contributed by atoms with E-state index in [4.69, 9.17) is 0 Å². The number of hydrogen-bond acceptors (Lipinski definition) is 3. The van der Waals surface area contributed by atoms with Crippen LogP contribution in [0, 0.1) is 11.8 Å². The molecule has 0 radical (unpaired) electrons. The fraction of sp³-hybridized carbons (Fsp3) is 0.778. The van der Waals surface area contributed by atoms with Gasteiger partial charge in [0.1, 0.15) is 5.60 Å². The zero-order valence-corrected chi connectivity index (χ0v) is 18.3. The molecule has 1 aromatic heterocycles. The fourth-order valence-corrected chi connectivity index (χ4v) is 3.35. The van der Waals surface area contributed by atoms with Gasteiger partial charge < -0.3 is 15.7 Å². The van der Waals surface area contributed by atoms with Crippen LogP contribution in [0.1, 0.15) is 52.0 Å². The lowest BCUT2D eigenvalue weighted by Crippen LogP contribution is -2.41. The van der Waals surface area contributed by atoms with Crippen molar-refractivity contribution in [3.8, 4) is 0 Å². The van der Waals surface area contributed by atoms with Crippen LogP contribution in [0.3, 0.4) is 0 Å². The summed E-state index contributed by atoms with van der Waals surface area (Å²) in [5.41, 5.74) is -0.235. The average molecular weight is 463 g/mol. The van der Waals surface area contributed by atoms with Crippen LogP contribution >= 0.6 is 24.0 Å². The van der Waals surface area contributed by atoms with E-state index < -0.39 is 5.60 Å². The Labute approximate surface area is 168 Å². The molecule has 6 nitrogen and oxygen atoms in total. The van der Waals surface area contributed by atoms with E-state index in [0.717, 1.165) is 36.4 Å². The molecule has 0 aliphatic heterocycles. The lowest BCUT2D eigenvalue weighted by molar-refractivity contribution is 0.0671. The van der Waals surface area contributed by atoms with E-state index in [2.05, 4.69) is 34.6 Å². The largest absolute Gasteiger partial charge is 0.383 e. The Kier molecular flexibility index (Phi) is 9.20. The van der Waals surface area contributed by atoms with Crippen molar-refractivity contribution >= 4 is 29.9 Å². The summed E-state index contributed by atoms with van der Waals surface area (Å²) in [6, 6.07) is 0. The Bertz CT molecular complexity index is 543. The van der Waals surface area contributed by atoms with Gasteiger partial charge in [-0.25, -0.2) is 4.99 Å². The van der Waals surface area contributed by atoms with Crippen molar-refractivity contribution in [1.29, 1.82) is 0 Å². The normalized spacial score (nSPS) is 23.5. The van der Waals surface area contributed by atoms with E-state index in [1.165, 1.54) is 25.7 Å². The monoisotopic (exact) mass is 463 g/mol. The van der Waals surface area contributed by atoms with Gasteiger partial charge in [0.05, 0.1) is 12.7 Å². The van der Waals surface area contributed by atoms with Gasteiger partial charge >= 0.3 is 0 Å². The molecule has 2 rings (SSSR count). The highest BCUT2D eigenvalue weighted by atomic mass is 127. The minimum atomic E-state index is -1.02. The standard InChI is InChI=1S/C18H33N5O.HI/c1-5-19-17(20-10-15-8-6-7-14(2)9-15)21-13-18(3,24)16-11-22-23(4)12-16;/h11-12,14-15,24H,5-10,13H2,1-4H3,(H2,19,20,21);1H. The molecule has 1 aromatic rings. The van der Waals surface area contributed by atoms with Crippen molar-refractivity contribution in [3.05, 3.63) is 18.0 Å². The molecule has 1 fully saturated rings. The van der Waals surface area contributed by atoms with Crippen LogP contribution in [-0.4, -0.2) is 40.5 Å². The summed E-state index contributed by atoms with van der Waals surface area (Å²) in [6.07, 6.45) is 8.80. The van der Waals surface area contributed by atoms with E-state index >= 15 is 0 Å². The molecule has 3 N–H and O–H groups in total. The van der Waals surface area contributed by atoms with Crippen molar-refractivity contribution in [2.45, 2.75) is 52.1 Å². The molecular formula is C18H34IN5O. The van der Waals surface area contributed by atoms with Crippen LogP contribution in [-0.2, 0) is 12.6 Å². The number of aromatic nitrogens is 2. The highest BCUT2D eigenvalue weighted by molar-refractivity contribution is 14.0. The third-order valence-electron chi connectivity index (χ3n) is 4.82. The van der Waals surface area contributed by atoms with Crippen LogP contribution in [0.5, 0.6) is 0 Å². The van der Waals surface area contributed by atoms with Gasteiger partial charge in [0.25, 0.3) is 0 Å². The van der Waals surface area contributed by atoms with Gasteiger partial charge in [-0.1, -0.05) is 19.8 Å². The van der Waals surface area contributed by atoms with Crippen LogP contribution in [0.4, 0.5) is 0 Å². The minimum Gasteiger partial charge on any atom is -0.383 e. The maximum atomic E-state index is 10.7. The van der Waals surface area contributed by atoms with Crippen LogP contribution < -0.4 is 10.6 Å². The predicted molar refractivity (Wildman–Crippen MR) is 113 cm³/mol. The Morgan fingerprint density at radius 3 is 2.80 bits per heavy atom. The topological polar surface area (TPSA) is 74.5 Å². The number of rotatable bonds is 6. The summed E-state index contributed by atoms with van der Waals surface area (Å²) in [6.45, 7) is 8.23. The number of guanidine groups is 1. The molecule has 0 saturated heterocycles. The van der Waals surface area contributed by atoms with Gasteiger partial charge in [-0.2, -0.15) is 5.10 Å². The molecular weight excluding hydrogens is 429 g/mol. The quantitative estimate of drug-likeness (QED) is 0.345.